The maximum absolute atomic E-state index is 13.7. The Morgan fingerprint density at radius 2 is 1.60 bits per heavy atom. The number of ketones is 1. The summed E-state index contributed by atoms with van der Waals surface area (Å²) in [5.41, 5.74) is 3.01. The zero-order valence-electron chi connectivity index (χ0n) is 23.8. The zero-order chi connectivity index (χ0) is 30.7. The van der Waals surface area contributed by atoms with E-state index in [1.807, 2.05) is 61.5 Å². The molecule has 2 heterocycles. The maximum Gasteiger partial charge on any atom is 0.343 e. The van der Waals surface area contributed by atoms with E-state index in [0.717, 1.165) is 15.6 Å². The van der Waals surface area contributed by atoms with E-state index in [1.165, 1.54) is 11.4 Å². The first kappa shape index (κ1) is 30.2. The Balaban J connectivity index is 1.49. The molecule has 0 amide bonds. The number of benzene rings is 3. The van der Waals surface area contributed by atoms with Gasteiger partial charge in [0.2, 0.25) is 15.8 Å². The van der Waals surface area contributed by atoms with Gasteiger partial charge in [-0.3, -0.25) is 4.79 Å². The molecule has 0 fully saturated rings. The highest BCUT2D eigenvalue weighted by Gasteiger charge is 2.38. The summed E-state index contributed by atoms with van der Waals surface area (Å²) in [7, 11) is -2.65. The van der Waals surface area contributed by atoms with E-state index >= 15 is 0 Å². The van der Waals surface area contributed by atoms with Crippen molar-refractivity contribution in [2.75, 3.05) is 12.0 Å². The molecular weight excluding hydrogens is 632 g/mol. The number of Topliss-reactive ketones (excluding diaryl/α,β-unsaturated/α-hetero) is 1. The molecule has 1 aliphatic rings. The fourth-order valence-electron chi connectivity index (χ4n) is 4.82. The second-order valence-corrected chi connectivity index (χ2v) is 12.9. The van der Waals surface area contributed by atoms with Gasteiger partial charge in [-0.2, -0.15) is 4.31 Å². The highest BCUT2D eigenvalue weighted by molar-refractivity contribution is 9.10. The molecule has 0 aliphatic carbocycles. The molecule has 1 aliphatic heterocycles. The van der Waals surface area contributed by atoms with Crippen LogP contribution in [0.3, 0.4) is 0 Å². The molecule has 0 spiro atoms. The fourth-order valence-corrected chi connectivity index (χ4v) is 6.48. The van der Waals surface area contributed by atoms with Crippen molar-refractivity contribution in [2.24, 2.45) is 0 Å². The third-order valence-corrected chi connectivity index (χ3v) is 9.36. The average Bonchev–Trinajstić information content (AvgIpc) is 3.54. The molecule has 0 bridgehead atoms. The van der Waals surface area contributed by atoms with Crippen molar-refractivity contribution in [3.63, 3.8) is 0 Å². The highest BCUT2D eigenvalue weighted by atomic mass is 79.9. The van der Waals surface area contributed by atoms with Gasteiger partial charge in [-0.25, -0.2) is 13.2 Å². The first-order chi connectivity index (χ1) is 20.6. The lowest BCUT2D eigenvalue weighted by Crippen LogP contribution is -2.30. The number of ether oxygens (including phenoxy) is 1. The standard InChI is InChI=1S/C33H29BrN2O6S/c1-22-9-17-29(18-10-22)43(39,40)35(20-24-7-5-4-6-8-24)21-28-16-15-27(42-28)19-30-32(37)31(33(38)41-3)23(2)36(30)26-13-11-25(34)12-14-26/h4-19H,20-21H2,1-3H3/b30-19+. The van der Waals surface area contributed by atoms with Gasteiger partial charge in [0.15, 0.2) is 0 Å². The van der Waals surface area contributed by atoms with Crippen LogP contribution in [0.15, 0.2) is 122 Å². The molecule has 5 rings (SSSR count). The number of methoxy groups -OCH3 is 1. The second-order valence-electron chi connectivity index (χ2n) is 10.00. The molecule has 3 aromatic carbocycles. The summed E-state index contributed by atoms with van der Waals surface area (Å²) in [4.78, 5) is 27.8. The molecule has 43 heavy (non-hydrogen) atoms. The Morgan fingerprint density at radius 1 is 0.930 bits per heavy atom. The van der Waals surface area contributed by atoms with Gasteiger partial charge in [-0.05, 0) is 67.9 Å². The van der Waals surface area contributed by atoms with Crippen LogP contribution in [0.25, 0.3) is 6.08 Å². The van der Waals surface area contributed by atoms with Crippen molar-refractivity contribution in [1.29, 1.82) is 0 Å². The number of rotatable bonds is 9. The summed E-state index contributed by atoms with van der Waals surface area (Å²) in [5, 5.41) is 0. The smallest absolute Gasteiger partial charge is 0.343 e. The van der Waals surface area contributed by atoms with Gasteiger partial charge in [0, 0.05) is 28.5 Å². The Morgan fingerprint density at radius 3 is 2.26 bits per heavy atom. The predicted molar refractivity (Wildman–Crippen MR) is 167 cm³/mol. The van der Waals surface area contributed by atoms with Gasteiger partial charge >= 0.3 is 5.97 Å². The minimum Gasteiger partial charge on any atom is -0.465 e. The van der Waals surface area contributed by atoms with Crippen LogP contribution in [0, 0.1) is 6.92 Å². The topological polar surface area (TPSA) is 97.1 Å². The Kier molecular flexibility index (Phi) is 8.82. The van der Waals surface area contributed by atoms with Crippen LogP contribution in [0.1, 0.15) is 29.6 Å². The molecule has 0 radical (unpaired) electrons. The van der Waals surface area contributed by atoms with Gasteiger partial charge < -0.3 is 14.1 Å². The first-order valence-electron chi connectivity index (χ1n) is 13.4. The van der Waals surface area contributed by atoms with Crippen LogP contribution in [0.4, 0.5) is 5.69 Å². The molecule has 1 aromatic heterocycles. The summed E-state index contributed by atoms with van der Waals surface area (Å²) in [6.07, 6.45) is 1.54. The number of hydrogen-bond donors (Lipinski definition) is 0. The van der Waals surface area contributed by atoms with Crippen molar-refractivity contribution in [3.8, 4) is 0 Å². The summed E-state index contributed by atoms with van der Waals surface area (Å²) in [6, 6.07) is 26.7. The third-order valence-electron chi connectivity index (χ3n) is 7.03. The Hall–Kier alpha value is -4.25. The van der Waals surface area contributed by atoms with Crippen LogP contribution >= 0.6 is 15.9 Å². The lowest BCUT2D eigenvalue weighted by Gasteiger charge is -2.22. The third kappa shape index (κ3) is 6.41. The predicted octanol–water partition coefficient (Wildman–Crippen LogP) is 6.62. The van der Waals surface area contributed by atoms with Crippen LogP contribution < -0.4 is 4.90 Å². The number of halogens is 1. The SMILES string of the molecule is COC(=O)C1=C(C)N(c2ccc(Br)cc2)/C(=C/c2ccc(CN(Cc3ccccc3)S(=O)(=O)c3ccc(C)cc3)o2)C1=O. The number of furan rings is 1. The highest BCUT2D eigenvalue weighted by Crippen LogP contribution is 2.36. The van der Waals surface area contributed by atoms with Crippen molar-refractivity contribution in [1.82, 2.24) is 4.31 Å². The van der Waals surface area contributed by atoms with Gasteiger partial charge in [0.1, 0.15) is 17.1 Å². The lowest BCUT2D eigenvalue weighted by atomic mass is 10.1. The number of esters is 1. The van der Waals surface area contributed by atoms with E-state index in [0.29, 0.717) is 22.9 Å². The van der Waals surface area contributed by atoms with Crippen molar-refractivity contribution in [2.45, 2.75) is 31.8 Å². The van der Waals surface area contributed by atoms with Gasteiger partial charge in [-0.1, -0.05) is 64.0 Å². The molecule has 4 aromatic rings. The Bertz CT molecular complexity index is 1830. The minimum atomic E-state index is -3.88. The van der Waals surface area contributed by atoms with E-state index in [1.54, 1.807) is 54.3 Å². The van der Waals surface area contributed by atoms with Crippen LogP contribution in [-0.4, -0.2) is 31.6 Å². The number of nitrogens with zero attached hydrogens (tertiary/aromatic N) is 2. The van der Waals surface area contributed by atoms with Crippen molar-refractivity contribution < 1.29 is 27.2 Å². The molecule has 10 heteroatoms. The zero-order valence-corrected chi connectivity index (χ0v) is 26.2. The molecule has 0 atom stereocenters. The summed E-state index contributed by atoms with van der Waals surface area (Å²) in [5.74, 6) is -0.521. The fraction of sp³-hybridized carbons (Fsp3) is 0.152. The number of aryl methyl sites for hydroxylation is 1. The van der Waals surface area contributed by atoms with Gasteiger partial charge in [0.25, 0.3) is 0 Å². The second kappa shape index (κ2) is 12.5. The van der Waals surface area contributed by atoms with E-state index in [9.17, 15) is 18.0 Å². The summed E-state index contributed by atoms with van der Waals surface area (Å²) >= 11 is 3.42. The van der Waals surface area contributed by atoms with Gasteiger partial charge in [0.05, 0.1) is 24.2 Å². The van der Waals surface area contributed by atoms with Crippen LogP contribution in [0.5, 0.6) is 0 Å². The van der Waals surface area contributed by atoms with E-state index in [4.69, 9.17) is 9.15 Å². The molecule has 0 N–H and O–H groups in total. The summed E-state index contributed by atoms with van der Waals surface area (Å²) in [6.45, 7) is 3.67. The number of carbonyl (C=O) groups is 2. The number of anilines is 1. The molecule has 8 nitrogen and oxygen atoms in total. The number of allylic oxidation sites excluding steroid dienone is 2. The largest absolute Gasteiger partial charge is 0.465 e. The number of carbonyl (C=O) groups excluding carboxylic acids is 2. The Labute approximate surface area is 259 Å². The van der Waals surface area contributed by atoms with Crippen LogP contribution in [0.2, 0.25) is 0 Å². The quantitative estimate of drug-likeness (QED) is 0.113. The van der Waals surface area contributed by atoms with E-state index in [2.05, 4.69) is 15.9 Å². The van der Waals surface area contributed by atoms with Gasteiger partial charge in [-0.15, -0.1) is 0 Å². The number of hydrogen-bond acceptors (Lipinski definition) is 7. The first-order valence-corrected chi connectivity index (χ1v) is 15.6. The maximum atomic E-state index is 13.7. The monoisotopic (exact) mass is 660 g/mol. The molecule has 0 saturated carbocycles. The molecule has 0 saturated heterocycles. The van der Waals surface area contributed by atoms with Crippen molar-refractivity contribution in [3.05, 3.63) is 135 Å². The van der Waals surface area contributed by atoms with Crippen LogP contribution in [-0.2, 0) is 37.4 Å². The average molecular weight is 662 g/mol. The van der Waals surface area contributed by atoms with E-state index in [-0.39, 0.29) is 29.3 Å². The normalized spacial score (nSPS) is 14.7. The molecular formula is C33H29BrN2O6S. The van der Waals surface area contributed by atoms with Crippen molar-refractivity contribution >= 4 is 49.5 Å². The molecule has 0 unspecified atom stereocenters. The minimum absolute atomic E-state index is 0.0384. The number of sulfonamides is 1. The lowest BCUT2D eigenvalue weighted by molar-refractivity contribution is -0.137. The summed E-state index contributed by atoms with van der Waals surface area (Å²) < 4.78 is 40.6. The molecule has 220 valence electrons. The van der Waals surface area contributed by atoms with E-state index < -0.39 is 21.8 Å².